The predicted molar refractivity (Wildman–Crippen MR) is 408 cm³/mol. The van der Waals surface area contributed by atoms with Gasteiger partial charge < -0.3 is 50.2 Å². The van der Waals surface area contributed by atoms with Crippen LogP contribution in [0.15, 0.2) is 48.5 Å². The minimum absolute atomic E-state index is 0. The second-order valence-electron chi connectivity index (χ2n) is 36.5. The molecule has 98 heavy (non-hydrogen) atoms. The third-order valence-corrected chi connectivity index (χ3v) is 16.8. The van der Waals surface area contributed by atoms with Gasteiger partial charge >= 0.3 is 65.4 Å². The summed E-state index contributed by atoms with van der Waals surface area (Å²) in [5, 5.41) is 72.7. The average Bonchev–Trinajstić information content (AvgIpc) is 0.812. The van der Waals surface area contributed by atoms with Crippen LogP contribution < -0.4 is 30.6 Å². The predicted octanol–water partition coefficient (Wildman–Crippen LogP) is 17.9. The zero-order chi connectivity index (χ0) is 75.7. The molecular weight excluding hydrogens is 1360 g/mol. The first-order valence-electron chi connectivity index (χ1n) is 36.8. The Morgan fingerprint density at radius 2 is 0.408 bits per heavy atom. The van der Waals surface area contributed by atoms with Gasteiger partial charge in [-0.2, -0.15) is 0 Å². The topological polar surface area (TPSA) is 151 Å². The molecule has 0 aromatic heterocycles. The van der Waals surface area contributed by atoms with Crippen LogP contribution in [-0.4, -0.2) is 86.2 Å². The van der Waals surface area contributed by atoms with Gasteiger partial charge in [-0.3, -0.25) is 0 Å². The molecule has 10 nitrogen and oxygen atoms in total. The molecule has 0 fully saturated rings. The maximum absolute atomic E-state index is 13.4. The maximum Gasteiger partial charge on any atom is 3.00 e. The summed E-state index contributed by atoms with van der Waals surface area (Å²) in [6, 6.07) is 16.9. The molecule has 4 rings (SSSR count). The summed E-state index contributed by atoms with van der Waals surface area (Å²) >= 11 is 0. The molecule has 0 saturated carbocycles. The van der Waals surface area contributed by atoms with Crippen LogP contribution in [0.1, 0.15) is 340 Å². The number of hydrogen-bond donors (Lipinski definition) is 0. The van der Waals surface area contributed by atoms with Gasteiger partial charge in [-0.1, -0.05) is 321 Å². The second-order valence-corrected chi connectivity index (χ2v) is 36.5. The Morgan fingerprint density at radius 3 is 0.510 bits per heavy atom. The number of nitrogens with zero attached hydrogens (tertiary/aromatic N) is 4. The van der Waals surface area contributed by atoms with Gasteiger partial charge in [0.15, 0.2) is 0 Å². The van der Waals surface area contributed by atoms with E-state index in [9.17, 15) is 30.6 Å². The van der Waals surface area contributed by atoms with Gasteiger partial charge in [0.2, 0.25) is 0 Å². The molecule has 0 aliphatic rings. The third kappa shape index (κ3) is 40.4. The van der Waals surface area contributed by atoms with Crippen molar-refractivity contribution in [2.75, 3.05) is 54.4 Å². The van der Waals surface area contributed by atoms with Crippen molar-refractivity contribution in [3.8, 4) is 23.0 Å². The van der Waals surface area contributed by atoms with Crippen molar-refractivity contribution in [2.24, 2.45) is 0 Å². The molecule has 12 heteroatoms. The summed E-state index contributed by atoms with van der Waals surface area (Å²) in [6.45, 7) is 72.8. The maximum atomic E-state index is 13.4. The fraction of sp³-hybridized carbons (Fsp3) is 0.721. The van der Waals surface area contributed by atoms with E-state index in [4.69, 9.17) is 0 Å². The molecule has 0 unspecified atom stereocenters. The fourth-order valence-electron chi connectivity index (χ4n) is 10.3. The summed E-state index contributed by atoms with van der Waals surface area (Å²) in [5.41, 5.74) is 11.0. The largest absolute Gasteiger partial charge is 3.00 e. The van der Waals surface area contributed by atoms with E-state index in [1.807, 2.05) is 0 Å². The Bertz CT molecular complexity index is 2460. The Labute approximate surface area is 657 Å². The minimum atomic E-state index is -0.417. The van der Waals surface area contributed by atoms with Crippen LogP contribution >= 0.6 is 0 Å². The van der Waals surface area contributed by atoms with Crippen LogP contribution in [0.5, 0.6) is 23.0 Å². The van der Waals surface area contributed by atoms with Gasteiger partial charge in [0.1, 0.15) is 0 Å². The van der Waals surface area contributed by atoms with Crippen molar-refractivity contribution in [1.82, 2.24) is 19.6 Å². The van der Waals surface area contributed by atoms with E-state index < -0.39 is 12.2 Å². The van der Waals surface area contributed by atoms with Gasteiger partial charge in [-0.05, 0) is 138 Å². The standard InChI is InChI=1S/2C34H56N2O2.2C6H14.2C3H7O.2Y/c2*1-31(2,3)25-17-23(29(37)27(19-25)33(7,8)9)21-35(13)15-16-36(14)22-24-18-26(32(4,5)6)20-28(30(24)38)34(10,11)12;2*1-3-5-6-4-2;2*1-3(2)4;;/h2*17-20,37-38H,15-16,21-22H2,1-14H3;2*3-6H2,1-2H3;2*3H,1-2H3;;/q;;;;2*-1;2*+3/p-4. The number of benzene rings is 4. The Kier molecular flexibility index (Phi) is 47.5. The first kappa shape index (κ1) is 102. The molecule has 0 bridgehead atoms. The number of rotatable bonds is 20. The first-order chi connectivity index (χ1) is 43.3. The Morgan fingerprint density at radius 1 is 0.276 bits per heavy atom. The molecule has 0 heterocycles. The molecule has 0 N–H and O–H groups in total. The van der Waals surface area contributed by atoms with E-state index in [0.29, 0.717) is 26.2 Å². The van der Waals surface area contributed by atoms with Crippen LogP contribution in [0.25, 0.3) is 0 Å². The Balaban J connectivity index is -0.000000692. The van der Waals surface area contributed by atoms with Gasteiger partial charge in [0, 0.05) is 52.4 Å². The zero-order valence-corrected chi connectivity index (χ0v) is 76.2. The number of unbranched alkanes of at least 4 members (excludes halogenated alkanes) is 6. The van der Waals surface area contributed by atoms with Crippen LogP contribution in [0.4, 0.5) is 0 Å². The van der Waals surface area contributed by atoms with Crippen LogP contribution in [0, 0.1) is 0 Å². The van der Waals surface area contributed by atoms with E-state index >= 15 is 0 Å². The van der Waals surface area contributed by atoms with Crippen molar-refractivity contribution < 1.29 is 96.1 Å². The molecule has 556 valence electrons. The van der Waals surface area contributed by atoms with Gasteiger partial charge in [-0.25, -0.2) is 0 Å². The van der Waals surface area contributed by atoms with Crippen molar-refractivity contribution >= 4 is 0 Å². The molecule has 0 radical (unpaired) electrons. The molecule has 0 atom stereocenters. The van der Waals surface area contributed by atoms with E-state index in [-0.39, 0.29) is 132 Å². The minimum Gasteiger partial charge on any atom is -0.872 e. The average molecular weight is 1510 g/mol. The zero-order valence-electron chi connectivity index (χ0n) is 70.5. The SMILES string of the molecule is CC(C)[O-].CC(C)[O-].CCCCCC.CCCCCC.CN(CCN(C)Cc1cc(C(C)(C)C)cc(C(C)(C)C)c1[O-])Cc1cc(C(C)(C)C)cc(C(C)(C)C)c1[O-].CN(CCN(C)Cc1cc(C(C)(C)C)cc(C(C)(C)C)c1[O-])Cc1cc(C(C)(C)C)cc(C(C)(C)C)c1[O-].[Y+3].[Y+3]. The normalized spacial score (nSPS) is 12.4. The summed E-state index contributed by atoms with van der Waals surface area (Å²) in [4.78, 5) is 8.87. The fourth-order valence-corrected chi connectivity index (χ4v) is 10.3. The number of likely N-dealkylation sites (N-methyl/N-ethyl adjacent to an activating group) is 4. The summed E-state index contributed by atoms with van der Waals surface area (Å²) in [6.07, 6.45) is 10.2. The molecule has 4 aromatic carbocycles. The first-order valence-corrected chi connectivity index (χ1v) is 36.8. The monoisotopic (exact) mass is 1510 g/mol. The van der Waals surface area contributed by atoms with Gasteiger partial charge in [-0.15, -0.1) is 35.2 Å². The molecule has 0 spiro atoms. The van der Waals surface area contributed by atoms with E-state index in [2.05, 4.69) is 290 Å². The molecule has 0 aliphatic heterocycles. The summed E-state index contributed by atoms with van der Waals surface area (Å²) in [7, 11) is 8.30. The van der Waals surface area contributed by atoms with Gasteiger partial charge in [0.25, 0.3) is 0 Å². The molecule has 0 aliphatic carbocycles. The van der Waals surface area contributed by atoms with Crippen LogP contribution in [0.2, 0.25) is 0 Å². The molecular formula is C86H150N4O6Y2. The van der Waals surface area contributed by atoms with Crippen LogP contribution in [0.3, 0.4) is 0 Å². The van der Waals surface area contributed by atoms with E-state index in [0.717, 1.165) is 70.7 Å². The summed E-state index contributed by atoms with van der Waals surface area (Å²) in [5.74, 6) is 0.650. The molecule has 0 amide bonds. The van der Waals surface area contributed by atoms with Crippen molar-refractivity contribution in [3.63, 3.8) is 0 Å². The van der Waals surface area contributed by atoms with E-state index in [1.54, 1.807) is 27.7 Å². The van der Waals surface area contributed by atoms with Gasteiger partial charge in [0.05, 0.1) is 0 Å². The van der Waals surface area contributed by atoms with Crippen molar-refractivity contribution in [3.05, 3.63) is 115 Å². The Hall–Kier alpha value is -1.95. The molecule has 0 saturated heterocycles. The van der Waals surface area contributed by atoms with Crippen molar-refractivity contribution in [2.45, 2.75) is 355 Å². The van der Waals surface area contributed by atoms with Crippen LogP contribution in [-0.2, 0) is 135 Å². The third-order valence-electron chi connectivity index (χ3n) is 16.8. The smallest absolute Gasteiger partial charge is 0.872 e. The second kappa shape index (κ2) is 45.4. The number of hydrogen-bond acceptors (Lipinski definition) is 10. The quantitative estimate of drug-likeness (QED) is 0.0782. The molecule has 4 aromatic rings. The van der Waals surface area contributed by atoms with Crippen molar-refractivity contribution in [1.29, 1.82) is 0 Å². The van der Waals surface area contributed by atoms with E-state index in [1.165, 1.54) is 73.6 Å². The summed E-state index contributed by atoms with van der Waals surface area (Å²) < 4.78 is 0.